The predicted octanol–water partition coefficient (Wildman–Crippen LogP) is 1.37. The third kappa shape index (κ3) is 1.56. The highest BCUT2D eigenvalue weighted by Crippen LogP contribution is 2.20. The van der Waals surface area contributed by atoms with Gasteiger partial charge in [0.1, 0.15) is 5.78 Å². The van der Waals surface area contributed by atoms with Crippen molar-refractivity contribution in [2.75, 3.05) is 0 Å². The molecule has 2 atom stereocenters. The molecule has 2 unspecified atom stereocenters. The van der Waals surface area contributed by atoms with Crippen LogP contribution < -0.4 is 0 Å². The fraction of sp³-hybridized carbons (Fsp3) is 0.833. The molecule has 0 aromatic heterocycles. The molecular formula is C6H11OP. The smallest absolute Gasteiger partial charge is 0.133 e. The maximum atomic E-state index is 10.7. The van der Waals surface area contributed by atoms with E-state index in [1.807, 2.05) is 0 Å². The zero-order valence-electron chi connectivity index (χ0n) is 4.89. The summed E-state index contributed by atoms with van der Waals surface area (Å²) in [6.45, 7) is 0. The molecule has 0 aromatic rings. The van der Waals surface area contributed by atoms with E-state index in [4.69, 9.17) is 0 Å². The lowest BCUT2D eigenvalue weighted by atomic mass is 9.99. The van der Waals surface area contributed by atoms with Crippen molar-refractivity contribution >= 4 is 15.0 Å². The summed E-state index contributed by atoms with van der Waals surface area (Å²) in [6, 6.07) is 0. The van der Waals surface area contributed by atoms with E-state index in [2.05, 4.69) is 9.24 Å². The topological polar surface area (TPSA) is 17.1 Å². The van der Waals surface area contributed by atoms with Gasteiger partial charge in [0.25, 0.3) is 0 Å². The van der Waals surface area contributed by atoms with E-state index in [9.17, 15) is 4.79 Å². The first-order valence-electron chi connectivity index (χ1n) is 3.06. The lowest BCUT2D eigenvalue weighted by Gasteiger charge is -2.14. The number of hydrogen-bond acceptors (Lipinski definition) is 1. The Morgan fingerprint density at radius 1 is 1.62 bits per heavy atom. The Balaban J connectivity index is 2.34. The summed E-state index contributed by atoms with van der Waals surface area (Å²) < 4.78 is 0. The number of rotatable bonds is 0. The van der Waals surface area contributed by atoms with Crippen LogP contribution in [0, 0.1) is 0 Å². The van der Waals surface area contributed by atoms with E-state index in [1.165, 1.54) is 6.42 Å². The summed E-state index contributed by atoms with van der Waals surface area (Å²) >= 11 is 0. The molecule has 1 saturated carbocycles. The van der Waals surface area contributed by atoms with Crippen LogP contribution >= 0.6 is 9.24 Å². The predicted molar refractivity (Wildman–Crippen MR) is 37.0 cm³/mol. The molecule has 0 amide bonds. The minimum absolute atomic E-state index is 0.441. The molecule has 0 aliphatic heterocycles. The molecule has 46 valence electrons. The molecular weight excluding hydrogens is 119 g/mol. The SMILES string of the molecule is O=C1CCCC(P)C1. The number of carbonyl (C=O) groups is 1. The Kier molecular flexibility index (Phi) is 2.01. The van der Waals surface area contributed by atoms with Crippen molar-refractivity contribution in [3.8, 4) is 0 Å². The van der Waals surface area contributed by atoms with Crippen LogP contribution in [0.4, 0.5) is 0 Å². The van der Waals surface area contributed by atoms with Crippen molar-refractivity contribution in [2.24, 2.45) is 0 Å². The third-order valence-electron chi connectivity index (χ3n) is 1.52. The Bertz CT molecular complexity index is 101. The molecule has 0 aromatic carbocycles. The summed E-state index contributed by atoms with van der Waals surface area (Å²) in [7, 11) is 2.71. The molecule has 0 spiro atoms. The van der Waals surface area contributed by atoms with Gasteiger partial charge in [-0.05, 0) is 18.5 Å². The van der Waals surface area contributed by atoms with Crippen molar-refractivity contribution in [3.05, 3.63) is 0 Å². The van der Waals surface area contributed by atoms with E-state index < -0.39 is 0 Å². The van der Waals surface area contributed by atoms with Gasteiger partial charge < -0.3 is 0 Å². The number of carbonyl (C=O) groups excluding carboxylic acids is 1. The molecule has 2 heteroatoms. The largest absolute Gasteiger partial charge is 0.300 e. The summed E-state index contributed by atoms with van der Waals surface area (Å²) in [6.07, 6.45) is 3.94. The molecule has 0 heterocycles. The molecule has 0 saturated heterocycles. The van der Waals surface area contributed by atoms with Crippen molar-refractivity contribution in [3.63, 3.8) is 0 Å². The third-order valence-corrected chi connectivity index (χ3v) is 2.09. The van der Waals surface area contributed by atoms with Gasteiger partial charge in [-0.1, -0.05) is 0 Å². The molecule has 0 N–H and O–H groups in total. The monoisotopic (exact) mass is 130 g/mol. The molecule has 0 bridgehead atoms. The van der Waals surface area contributed by atoms with Crippen LogP contribution in [0.1, 0.15) is 25.7 Å². The Morgan fingerprint density at radius 2 is 2.38 bits per heavy atom. The maximum Gasteiger partial charge on any atom is 0.133 e. The quantitative estimate of drug-likeness (QED) is 0.452. The number of Topliss-reactive ketones (excluding diaryl/α,β-unsaturated/α-hetero) is 1. The Morgan fingerprint density at radius 3 is 2.75 bits per heavy atom. The molecule has 1 aliphatic rings. The van der Waals surface area contributed by atoms with Crippen molar-refractivity contribution in [1.82, 2.24) is 0 Å². The highest BCUT2D eigenvalue weighted by molar-refractivity contribution is 7.17. The minimum Gasteiger partial charge on any atom is -0.300 e. The highest BCUT2D eigenvalue weighted by atomic mass is 31.0. The van der Waals surface area contributed by atoms with Crippen LogP contribution in [-0.4, -0.2) is 11.4 Å². The lowest BCUT2D eigenvalue weighted by Crippen LogP contribution is -2.13. The van der Waals surface area contributed by atoms with Gasteiger partial charge in [0.15, 0.2) is 0 Å². The van der Waals surface area contributed by atoms with Gasteiger partial charge in [-0.25, -0.2) is 0 Å². The van der Waals surface area contributed by atoms with E-state index in [-0.39, 0.29) is 0 Å². The second kappa shape index (κ2) is 2.59. The number of ketones is 1. The van der Waals surface area contributed by atoms with Gasteiger partial charge >= 0.3 is 0 Å². The summed E-state index contributed by atoms with van der Waals surface area (Å²) in [5.41, 5.74) is 0.580. The first kappa shape index (κ1) is 6.22. The summed E-state index contributed by atoms with van der Waals surface area (Å²) in [5.74, 6) is 0.441. The van der Waals surface area contributed by atoms with Gasteiger partial charge in [0, 0.05) is 12.8 Å². The minimum atomic E-state index is 0.441. The standard InChI is InChI=1S/C6H11OP/c7-5-2-1-3-6(8)4-5/h6H,1-4,8H2. The van der Waals surface area contributed by atoms with Crippen LogP contribution in [0.5, 0.6) is 0 Å². The fourth-order valence-corrected chi connectivity index (χ4v) is 1.56. The van der Waals surface area contributed by atoms with Crippen molar-refractivity contribution < 1.29 is 4.79 Å². The Labute approximate surface area is 52.0 Å². The zero-order valence-corrected chi connectivity index (χ0v) is 6.05. The Hall–Kier alpha value is 0.100. The van der Waals surface area contributed by atoms with E-state index in [0.29, 0.717) is 11.4 Å². The van der Waals surface area contributed by atoms with Gasteiger partial charge in [0.05, 0.1) is 0 Å². The van der Waals surface area contributed by atoms with Gasteiger partial charge in [-0.15, -0.1) is 9.24 Å². The summed E-state index contributed by atoms with van der Waals surface area (Å²) in [4.78, 5) is 10.7. The first-order chi connectivity index (χ1) is 3.79. The average Bonchev–Trinajstić information content (AvgIpc) is 1.64. The molecule has 0 radical (unpaired) electrons. The van der Waals surface area contributed by atoms with Crippen molar-refractivity contribution in [2.45, 2.75) is 31.3 Å². The van der Waals surface area contributed by atoms with Crippen molar-refractivity contribution in [1.29, 1.82) is 0 Å². The maximum absolute atomic E-state index is 10.7. The van der Waals surface area contributed by atoms with Crippen LogP contribution in [0.3, 0.4) is 0 Å². The number of hydrogen-bond donors (Lipinski definition) is 0. The first-order valence-corrected chi connectivity index (χ1v) is 3.73. The van der Waals surface area contributed by atoms with Crippen LogP contribution in [0.2, 0.25) is 0 Å². The van der Waals surface area contributed by atoms with Gasteiger partial charge in [-0.3, -0.25) is 4.79 Å². The second-order valence-electron chi connectivity index (χ2n) is 2.40. The molecule has 1 aliphatic carbocycles. The molecule has 8 heavy (non-hydrogen) atoms. The van der Waals surface area contributed by atoms with Crippen LogP contribution in [-0.2, 0) is 4.79 Å². The van der Waals surface area contributed by atoms with Crippen LogP contribution in [0.15, 0.2) is 0 Å². The van der Waals surface area contributed by atoms with E-state index in [0.717, 1.165) is 19.3 Å². The van der Waals surface area contributed by atoms with E-state index >= 15 is 0 Å². The van der Waals surface area contributed by atoms with Gasteiger partial charge in [0.2, 0.25) is 0 Å². The lowest BCUT2D eigenvalue weighted by molar-refractivity contribution is -0.120. The highest BCUT2D eigenvalue weighted by Gasteiger charge is 2.14. The zero-order chi connectivity index (χ0) is 5.98. The van der Waals surface area contributed by atoms with E-state index in [1.54, 1.807) is 0 Å². The molecule has 1 rings (SSSR count). The molecule has 1 fully saturated rings. The summed E-state index contributed by atoms with van der Waals surface area (Å²) in [5, 5.41) is 0. The fourth-order valence-electron chi connectivity index (χ4n) is 1.06. The van der Waals surface area contributed by atoms with Crippen LogP contribution in [0.25, 0.3) is 0 Å². The second-order valence-corrected chi connectivity index (χ2v) is 3.34. The van der Waals surface area contributed by atoms with Gasteiger partial charge in [-0.2, -0.15) is 0 Å². The molecule has 1 nitrogen and oxygen atoms in total. The average molecular weight is 130 g/mol. The normalized spacial score (nSPS) is 30.6.